The van der Waals surface area contributed by atoms with Crippen molar-refractivity contribution in [2.75, 3.05) is 16.8 Å². The van der Waals surface area contributed by atoms with Gasteiger partial charge in [0.1, 0.15) is 5.00 Å². The van der Waals surface area contributed by atoms with E-state index in [1.165, 1.54) is 16.9 Å². The van der Waals surface area contributed by atoms with Crippen molar-refractivity contribution in [3.63, 3.8) is 0 Å². The monoisotopic (exact) mass is 422 g/mol. The molecule has 1 aliphatic heterocycles. The van der Waals surface area contributed by atoms with Crippen LogP contribution >= 0.6 is 23.6 Å². The first-order valence-corrected chi connectivity index (χ1v) is 10.9. The molecular formula is C23H22N2O2S2. The normalized spacial score (nSPS) is 15.1. The van der Waals surface area contributed by atoms with Crippen LogP contribution in [0.15, 0.2) is 60.7 Å². The predicted molar refractivity (Wildman–Crippen MR) is 124 cm³/mol. The van der Waals surface area contributed by atoms with Crippen LogP contribution in [0.2, 0.25) is 0 Å². The number of carbonyl (C=O) groups excluding carboxylic acids is 1. The average Bonchev–Trinajstić information content (AvgIpc) is 3.29. The van der Waals surface area contributed by atoms with E-state index in [4.69, 9.17) is 17.0 Å². The van der Waals surface area contributed by atoms with E-state index in [1.807, 2.05) is 49.4 Å². The van der Waals surface area contributed by atoms with Gasteiger partial charge in [-0.15, -0.1) is 11.3 Å². The fourth-order valence-corrected chi connectivity index (χ4v) is 5.12. The Kier molecular flexibility index (Phi) is 5.65. The maximum atomic E-state index is 12.6. The maximum Gasteiger partial charge on any atom is 0.341 e. The maximum absolute atomic E-state index is 12.6. The highest BCUT2D eigenvalue weighted by Gasteiger charge is 2.29. The van der Waals surface area contributed by atoms with Crippen molar-refractivity contribution >= 4 is 45.3 Å². The van der Waals surface area contributed by atoms with Gasteiger partial charge in [0.2, 0.25) is 0 Å². The smallest absolute Gasteiger partial charge is 0.341 e. The van der Waals surface area contributed by atoms with Crippen molar-refractivity contribution in [2.45, 2.75) is 26.3 Å². The number of esters is 1. The van der Waals surface area contributed by atoms with Gasteiger partial charge in [-0.2, -0.15) is 0 Å². The molecule has 0 amide bonds. The molecule has 2 heterocycles. The van der Waals surface area contributed by atoms with E-state index < -0.39 is 0 Å². The second-order valence-corrected chi connectivity index (χ2v) is 8.36. The molecule has 1 atom stereocenters. The van der Waals surface area contributed by atoms with Gasteiger partial charge < -0.3 is 15.0 Å². The number of para-hydroxylation sites is 1. The van der Waals surface area contributed by atoms with Crippen molar-refractivity contribution < 1.29 is 9.53 Å². The summed E-state index contributed by atoms with van der Waals surface area (Å²) >= 11 is 7.27. The minimum absolute atomic E-state index is 0.256. The van der Waals surface area contributed by atoms with Crippen molar-refractivity contribution in [3.05, 3.63) is 71.8 Å². The van der Waals surface area contributed by atoms with Crippen LogP contribution in [-0.4, -0.2) is 23.7 Å². The fraction of sp³-hybridized carbons (Fsp3) is 0.217. The summed E-state index contributed by atoms with van der Waals surface area (Å²) in [4.78, 5) is 15.7. The molecule has 0 aliphatic carbocycles. The van der Waals surface area contributed by atoms with Gasteiger partial charge in [0.05, 0.1) is 12.2 Å². The Balaban J connectivity index is 1.66. The third-order valence-electron chi connectivity index (χ3n) is 4.93. The van der Waals surface area contributed by atoms with Crippen LogP contribution < -0.4 is 10.2 Å². The van der Waals surface area contributed by atoms with Gasteiger partial charge in [0.15, 0.2) is 5.11 Å². The lowest BCUT2D eigenvalue weighted by molar-refractivity contribution is 0.0528. The molecule has 4 nitrogen and oxygen atoms in total. The second kappa shape index (κ2) is 8.35. The Labute approximate surface area is 180 Å². The van der Waals surface area contributed by atoms with E-state index in [-0.39, 0.29) is 12.0 Å². The van der Waals surface area contributed by atoms with Gasteiger partial charge in [0, 0.05) is 16.6 Å². The van der Waals surface area contributed by atoms with Crippen molar-refractivity contribution in [1.82, 2.24) is 0 Å². The number of nitrogens with zero attached hydrogens (tertiary/aromatic N) is 1. The van der Waals surface area contributed by atoms with Gasteiger partial charge in [0.25, 0.3) is 0 Å². The molecule has 0 saturated carbocycles. The first kappa shape index (κ1) is 19.6. The van der Waals surface area contributed by atoms with Crippen LogP contribution in [0.5, 0.6) is 0 Å². The highest BCUT2D eigenvalue weighted by molar-refractivity contribution is 7.80. The molecule has 2 aromatic carbocycles. The lowest BCUT2D eigenvalue weighted by Crippen LogP contribution is -2.38. The molecule has 3 aromatic rings. The Morgan fingerprint density at radius 2 is 1.93 bits per heavy atom. The molecule has 0 fully saturated rings. The molecule has 0 bridgehead atoms. The average molecular weight is 423 g/mol. The number of benzene rings is 2. The molecule has 0 spiro atoms. The molecule has 1 aliphatic rings. The lowest BCUT2D eigenvalue weighted by atomic mass is 10.1. The summed E-state index contributed by atoms with van der Waals surface area (Å²) in [6, 6.07) is 20.4. The van der Waals surface area contributed by atoms with Crippen LogP contribution in [0.1, 0.15) is 29.8 Å². The number of thiophene rings is 1. The highest BCUT2D eigenvalue weighted by atomic mass is 32.1. The topological polar surface area (TPSA) is 41.6 Å². The van der Waals surface area contributed by atoms with Crippen molar-refractivity contribution in [3.8, 4) is 10.4 Å². The number of hydrogen-bond acceptors (Lipinski definition) is 4. The van der Waals surface area contributed by atoms with E-state index in [0.29, 0.717) is 22.3 Å². The molecule has 1 aromatic heterocycles. The molecular weight excluding hydrogens is 400 g/mol. The number of rotatable bonds is 4. The van der Waals surface area contributed by atoms with Crippen LogP contribution in [-0.2, 0) is 11.2 Å². The van der Waals surface area contributed by atoms with E-state index in [1.54, 1.807) is 0 Å². The lowest BCUT2D eigenvalue weighted by Gasteiger charge is -2.25. The third-order valence-corrected chi connectivity index (χ3v) is 6.33. The summed E-state index contributed by atoms with van der Waals surface area (Å²) in [6.07, 6.45) is 0.947. The summed E-state index contributed by atoms with van der Waals surface area (Å²) in [5, 5.41) is 4.63. The number of fused-ring (bicyclic) bond motifs is 1. The first-order valence-electron chi connectivity index (χ1n) is 9.63. The van der Waals surface area contributed by atoms with Gasteiger partial charge in [-0.05, 0) is 55.7 Å². The number of thiocarbonyl (C=S) groups is 1. The van der Waals surface area contributed by atoms with E-state index in [0.717, 1.165) is 22.5 Å². The Morgan fingerprint density at radius 1 is 1.21 bits per heavy atom. The van der Waals surface area contributed by atoms with Crippen LogP contribution in [0.25, 0.3) is 10.4 Å². The molecule has 6 heteroatoms. The number of anilines is 2. The summed E-state index contributed by atoms with van der Waals surface area (Å²) in [6.45, 7) is 4.29. The minimum Gasteiger partial charge on any atom is -0.462 e. The van der Waals surface area contributed by atoms with Gasteiger partial charge >= 0.3 is 5.97 Å². The van der Waals surface area contributed by atoms with Crippen LogP contribution in [0.4, 0.5) is 10.7 Å². The third kappa shape index (κ3) is 3.91. The minimum atomic E-state index is -0.342. The highest BCUT2D eigenvalue weighted by Crippen LogP contribution is 2.38. The van der Waals surface area contributed by atoms with Gasteiger partial charge in [-0.25, -0.2) is 4.79 Å². The summed E-state index contributed by atoms with van der Waals surface area (Å²) in [7, 11) is 0. The predicted octanol–water partition coefficient (Wildman–Crippen LogP) is 5.74. The largest absolute Gasteiger partial charge is 0.462 e. The summed E-state index contributed by atoms with van der Waals surface area (Å²) in [5.74, 6) is -0.342. The number of nitrogens with one attached hydrogen (secondary N) is 1. The molecule has 148 valence electrons. The molecule has 29 heavy (non-hydrogen) atoms. The Bertz CT molecular complexity index is 1050. The standard InChI is InChI=1S/C23H22N2O2S2/c1-3-27-22(26)18-14-20(16-9-5-4-6-10-16)29-21(18)24-23(28)25-15(2)13-17-11-7-8-12-19(17)25/h4-12,14-15H,3,13H2,1-2H3,(H,24,28)/t15-/m0/s1. The van der Waals surface area contributed by atoms with Gasteiger partial charge in [-0.1, -0.05) is 48.5 Å². The fourth-order valence-electron chi connectivity index (χ4n) is 3.62. The van der Waals surface area contributed by atoms with E-state index in [9.17, 15) is 4.79 Å². The zero-order chi connectivity index (χ0) is 20.4. The van der Waals surface area contributed by atoms with Crippen LogP contribution in [0, 0.1) is 0 Å². The molecule has 0 unspecified atom stereocenters. The zero-order valence-electron chi connectivity index (χ0n) is 16.3. The molecule has 1 N–H and O–H groups in total. The number of carbonyl (C=O) groups is 1. The van der Waals surface area contributed by atoms with Crippen molar-refractivity contribution in [1.29, 1.82) is 0 Å². The van der Waals surface area contributed by atoms with Gasteiger partial charge in [-0.3, -0.25) is 0 Å². The van der Waals surface area contributed by atoms with Crippen LogP contribution in [0.3, 0.4) is 0 Å². The van der Waals surface area contributed by atoms with E-state index >= 15 is 0 Å². The number of hydrogen-bond donors (Lipinski definition) is 1. The number of ether oxygens (including phenoxy) is 1. The molecule has 4 rings (SSSR count). The quantitative estimate of drug-likeness (QED) is 0.429. The first-order chi connectivity index (χ1) is 14.1. The zero-order valence-corrected chi connectivity index (χ0v) is 18.0. The molecule has 0 saturated heterocycles. The molecule has 0 radical (unpaired) electrons. The summed E-state index contributed by atoms with van der Waals surface area (Å²) in [5.41, 5.74) is 3.97. The second-order valence-electron chi connectivity index (χ2n) is 6.92. The summed E-state index contributed by atoms with van der Waals surface area (Å²) < 4.78 is 5.27. The Hall–Kier alpha value is -2.70. The Morgan fingerprint density at radius 3 is 2.69 bits per heavy atom. The SMILES string of the molecule is CCOC(=O)c1cc(-c2ccccc2)sc1NC(=S)N1c2ccccc2C[C@@H]1C. The van der Waals surface area contributed by atoms with E-state index in [2.05, 4.69) is 35.3 Å². The van der Waals surface area contributed by atoms with Crippen molar-refractivity contribution in [2.24, 2.45) is 0 Å².